The number of aliphatic carboxylic acids is 1. The molecule has 42 heavy (non-hydrogen) atoms. The number of sulfone groups is 1. The van der Waals surface area contributed by atoms with Crippen molar-refractivity contribution in [1.29, 1.82) is 0 Å². The van der Waals surface area contributed by atoms with Crippen LogP contribution in [0.15, 0.2) is 84.9 Å². The van der Waals surface area contributed by atoms with Crippen LogP contribution in [-0.2, 0) is 24.1 Å². The second-order valence-electron chi connectivity index (χ2n) is 11.0. The molecule has 1 aliphatic carbocycles. The number of fused-ring (bicyclic) bond motifs is 3. The monoisotopic (exact) mass is 601 g/mol. The molecule has 0 spiro atoms. The predicted molar refractivity (Wildman–Crippen MR) is 163 cm³/mol. The number of benzene rings is 3. The number of aryl methyl sites for hydroxylation is 1. The highest BCUT2D eigenvalue weighted by molar-refractivity contribution is 7.92. The van der Waals surface area contributed by atoms with Crippen molar-refractivity contribution in [1.82, 2.24) is 4.90 Å². The molecule has 4 aromatic rings. The first-order valence-electron chi connectivity index (χ1n) is 13.9. The molecule has 3 aromatic carbocycles. The summed E-state index contributed by atoms with van der Waals surface area (Å²) in [5.74, 6) is -1.66. The Morgan fingerprint density at radius 1 is 0.929 bits per heavy atom. The summed E-state index contributed by atoms with van der Waals surface area (Å²) in [6.07, 6.45) is -1.19. The highest BCUT2D eigenvalue weighted by Gasteiger charge is 2.50. The van der Waals surface area contributed by atoms with E-state index in [1.54, 1.807) is 6.07 Å². The molecule has 0 saturated carbocycles. The fraction of sp³-hybridized carbons (Fsp3) is 0.273. The number of rotatable bonds is 6. The molecule has 216 valence electrons. The number of thiophene rings is 1. The smallest absolute Gasteiger partial charge is 0.409 e. The van der Waals surface area contributed by atoms with Crippen molar-refractivity contribution in [2.24, 2.45) is 0 Å². The van der Waals surface area contributed by atoms with Crippen LogP contribution < -0.4 is 0 Å². The van der Waals surface area contributed by atoms with E-state index in [1.807, 2.05) is 73.7 Å². The molecule has 1 atom stereocenters. The minimum atomic E-state index is -3.94. The molecule has 1 fully saturated rings. The van der Waals surface area contributed by atoms with Crippen molar-refractivity contribution in [3.05, 3.63) is 106 Å². The zero-order chi connectivity index (χ0) is 29.5. The van der Waals surface area contributed by atoms with Crippen molar-refractivity contribution < 1.29 is 27.9 Å². The van der Waals surface area contributed by atoms with Gasteiger partial charge in [-0.3, -0.25) is 4.79 Å². The Morgan fingerprint density at radius 2 is 1.57 bits per heavy atom. The Balaban J connectivity index is 1.23. The summed E-state index contributed by atoms with van der Waals surface area (Å²) in [6, 6.07) is 27.6. The predicted octanol–water partition coefficient (Wildman–Crippen LogP) is 6.46. The van der Waals surface area contributed by atoms with Gasteiger partial charge in [-0.2, -0.15) is 0 Å². The lowest BCUT2D eigenvalue weighted by atomic mass is 9.97. The summed E-state index contributed by atoms with van der Waals surface area (Å²) in [5.41, 5.74) is 6.47. The molecule has 1 unspecified atom stereocenters. The van der Waals surface area contributed by atoms with Crippen LogP contribution in [0.1, 0.15) is 40.3 Å². The average Bonchev–Trinajstić information content (AvgIpc) is 3.56. The molecule has 0 bridgehead atoms. The minimum Gasteiger partial charge on any atom is -0.481 e. The van der Waals surface area contributed by atoms with Crippen LogP contribution in [0.2, 0.25) is 0 Å². The van der Waals surface area contributed by atoms with Gasteiger partial charge >= 0.3 is 12.1 Å². The van der Waals surface area contributed by atoms with Crippen molar-refractivity contribution in [3.8, 4) is 21.6 Å². The van der Waals surface area contributed by atoms with Gasteiger partial charge < -0.3 is 14.7 Å². The van der Waals surface area contributed by atoms with Gasteiger partial charge in [0.05, 0.1) is 12.2 Å². The number of nitrogens with zero attached hydrogens (tertiary/aromatic N) is 1. The standard InChI is InChI=1S/C33H31NO6S2/c1-22-10-12-23(13-11-22)29-14-15-30(41-29)33(20-31(35)36)16-17-34(18-19-42(33,38)39)32(37)40-21-28-26-8-4-2-6-24(26)25-7-3-5-9-27(25)28/h2-15,28H,16-21H2,1H3,(H,35,36). The number of carboxylic acids is 1. The van der Waals surface area contributed by atoms with Gasteiger partial charge in [-0.1, -0.05) is 78.4 Å². The van der Waals surface area contributed by atoms with Gasteiger partial charge in [0, 0.05) is 28.8 Å². The van der Waals surface area contributed by atoms with E-state index in [4.69, 9.17) is 4.74 Å². The van der Waals surface area contributed by atoms with E-state index in [9.17, 15) is 23.1 Å². The van der Waals surface area contributed by atoms with Crippen LogP contribution in [0.4, 0.5) is 4.79 Å². The summed E-state index contributed by atoms with van der Waals surface area (Å²) in [7, 11) is -3.94. The SMILES string of the molecule is Cc1ccc(-c2ccc(C3(CC(=O)O)CCN(C(=O)OCC4c5ccccc5-c5ccccc54)CCS3(=O)=O)s2)cc1. The maximum absolute atomic E-state index is 13.8. The maximum Gasteiger partial charge on any atom is 0.409 e. The third kappa shape index (κ3) is 5.01. The average molecular weight is 602 g/mol. The Morgan fingerprint density at radius 3 is 2.21 bits per heavy atom. The molecule has 1 amide bonds. The van der Waals surface area contributed by atoms with E-state index in [2.05, 4.69) is 12.1 Å². The summed E-state index contributed by atoms with van der Waals surface area (Å²) in [6.45, 7) is 2.13. The van der Waals surface area contributed by atoms with Crippen molar-refractivity contribution in [2.75, 3.05) is 25.4 Å². The highest BCUT2D eigenvalue weighted by atomic mass is 32.2. The second-order valence-corrected chi connectivity index (χ2v) is 14.5. The van der Waals surface area contributed by atoms with Crippen LogP contribution in [-0.4, -0.2) is 55.9 Å². The largest absolute Gasteiger partial charge is 0.481 e. The van der Waals surface area contributed by atoms with E-state index in [1.165, 1.54) is 16.2 Å². The van der Waals surface area contributed by atoms with Gasteiger partial charge in [0.2, 0.25) is 0 Å². The molecule has 1 saturated heterocycles. The van der Waals surface area contributed by atoms with Gasteiger partial charge in [0.25, 0.3) is 0 Å². The molecule has 2 heterocycles. The van der Waals surface area contributed by atoms with Gasteiger partial charge in [-0.25, -0.2) is 13.2 Å². The Labute approximate surface area is 249 Å². The zero-order valence-electron chi connectivity index (χ0n) is 23.2. The quantitative estimate of drug-likeness (QED) is 0.272. The van der Waals surface area contributed by atoms with Crippen molar-refractivity contribution in [3.63, 3.8) is 0 Å². The number of carbonyl (C=O) groups excluding carboxylic acids is 1. The van der Waals surface area contributed by atoms with E-state index in [0.29, 0.717) is 4.88 Å². The van der Waals surface area contributed by atoms with Gasteiger partial charge in [-0.05, 0) is 53.3 Å². The summed E-state index contributed by atoms with van der Waals surface area (Å²) in [5, 5.41) is 9.85. The number of amides is 1. The first-order valence-corrected chi connectivity index (χ1v) is 16.4. The van der Waals surface area contributed by atoms with Crippen LogP contribution in [0, 0.1) is 6.92 Å². The first kappa shape index (κ1) is 28.2. The second kappa shape index (κ2) is 11.0. The lowest BCUT2D eigenvalue weighted by Crippen LogP contribution is -2.39. The normalized spacial score (nSPS) is 19.5. The molecule has 1 aromatic heterocycles. The fourth-order valence-electron chi connectivity index (χ4n) is 6.14. The van der Waals surface area contributed by atoms with Crippen LogP contribution in [0.25, 0.3) is 21.6 Å². The first-order chi connectivity index (χ1) is 20.2. The lowest BCUT2D eigenvalue weighted by Gasteiger charge is -2.29. The Hall–Kier alpha value is -3.95. The van der Waals surface area contributed by atoms with E-state index >= 15 is 0 Å². The molecular formula is C33H31NO6S2. The Kier molecular flexibility index (Phi) is 7.41. The fourth-order valence-corrected chi connectivity index (χ4v) is 9.74. The van der Waals surface area contributed by atoms with Crippen molar-refractivity contribution >= 4 is 33.2 Å². The van der Waals surface area contributed by atoms with Crippen LogP contribution >= 0.6 is 11.3 Å². The van der Waals surface area contributed by atoms with E-state index in [-0.39, 0.29) is 37.8 Å². The number of carbonyl (C=O) groups is 2. The molecule has 2 aliphatic rings. The molecular weight excluding hydrogens is 570 g/mol. The molecule has 1 aliphatic heterocycles. The number of ether oxygens (including phenoxy) is 1. The summed E-state index contributed by atoms with van der Waals surface area (Å²) >= 11 is 1.30. The van der Waals surface area contributed by atoms with E-state index in [0.717, 1.165) is 38.3 Å². The van der Waals surface area contributed by atoms with Gasteiger partial charge in [0.15, 0.2) is 9.84 Å². The molecule has 1 N–H and O–H groups in total. The Bertz CT molecular complexity index is 1720. The third-order valence-electron chi connectivity index (χ3n) is 8.43. The minimum absolute atomic E-state index is 0.0281. The topological polar surface area (TPSA) is 101 Å². The molecule has 9 heteroatoms. The van der Waals surface area contributed by atoms with Crippen molar-refractivity contribution in [2.45, 2.75) is 30.4 Å². The zero-order valence-corrected chi connectivity index (χ0v) is 24.8. The van der Waals surface area contributed by atoms with Crippen LogP contribution in [0.3, 0.4) is 0 Å². The van der Waals surface area contributed by atoms with E-state index < -0.39 is 33.1 Å². The lowest BCUT2D eigenvalue weighted by molar-refractivity contribution is -0.137. The third-order valence-corrected chi connectivity index (χ3v) is 12.4. The maximum atomic E-state index is 13.8. The van der Waals surface area contributed by atoms with Gasteiger partial charge in [0.1, 0.15) is 11.4 Å². The number of hydrogen-bond donors (Lipinski definition) is 1. The molecule has 6 rings (SSSR count). The highest BCUT2D eigenvalue weighted by Crippen LogP contribution is 2.46. The number of carboxylic acid groups (broad SMARTS) is 1. The molecule has 7 nitrogen and oxygen atoms in total. The summed E-state index contributed by atoms with van der Waals surface area (Å²) in [4.78, 5) is 28.1. The molecule has 0 radical (unpaired) electrons. The number of hydrogen-bond acceptors (Lipinski definition) is 6. The summed E-state index contributed by atoms with van der Waals surface area (Å²) < 4.78 is 31.8. The van der Waals surface area contributed by atoms with Gasteiger partial charge in [-0.15, -0.1) is 11.3 Å². The van der Waals surface area contributed by atoms with Crippen LogP contribution in [0.5, 0.6) is 0 Å².